The normalized spacial score (nSPS) is 13.0. The van der Waals surface area contributed by atoms with Crippen molar-refractivity contribution in [3.63, 3.8) is 0 Å². The monoisotopic (exact) mass is 456 g/mol. The fraction of sp³-hybridized carbons (Fsp3) is 0.261. The number of ether oxygens (including phenoxy) is 2. The number of halogens is 1. The van der Waals surface area contributed by atoms with Gasteiger partial charge in [-0.15, -0.1) is 5.10 Å². The second kappa shape index (κ2) is 11.4. The lowest BCUT2D eigenvalue weighted by atomic mass is 10.0. The number of benzene rings is 2. The maximum absolute atomic E-state index is 11.2. The highest BCUT2D eigenvalue weighted by atomic mass is 35.5. The number of rotatable bonds is 10. The molecule has 1 aliphatic rings. The molecule has 168 valence electrons. The second-order valence-corrected chi connectivity index (χ2v) is 7.34. The number of nitrogens with one attached hydrogen (secondary N) is 1. The number of hydrogen-bond donors (Lipinski definition) is 3. The fourth-order valence-electron chi connectivity index (χ4n) is 3.20. The van der Waals surface area contributed by atoms with E-state index in [0.717, 1.165) is 36.5 Å². The number of quaternary nitrogens is 1. The summed E-state index contributed by atoms with van der Waals surface area (Å²) in [5.41, 5.74) is 3.41. The third kappa shape index (κ3) is 6.40. The van der Waals surface area contributed by atoms with Crippen molar-refractivity contribution in [3.05, 3.63) is 77.6 Å². The number of anilines is 2. The van der Waals surface area contributed by atoms with E-state index in [0.29, 0.717) is 25.0 Å². The second-order valence-electron chi connectivity index (χ2n) is 7.34. The van der Waals surface area contributed by atoms with Gasteiger partial charge in [0, 0.05) is 5.69 Å². The summed E-state index contributed by atoms with van der Waals surface area (Å²) >= 11 is 0. The van der Waals surface area contributed by atoms with Crippen LogP contribution >= 0.6 is 0 Å². The Bertz CT molecular complexity index is 1010. The maximum Gasteiger partial charge on any atom is 0.358 e. The average molecular weight is 457 g/mol. The van der Waals surface area contributed by atoms with Crippen LogP contribution in [0.4, 0.5) is 11.4 Å². The van der Waals surface area contributed by atoms with Gasteiger partial charge in [-0.3, -0.25) is 0 Å². The Morgan fingerprint density at radius 3 is 2.34 bits per heavy atom. The van der Waals surface area contributed by atoms with Crippen LogP contribution in [0.5, 0.6) is 5.75 Å². The summed E-state index contributed by atoms with van der Waals surface area (Å²) in [7, 11) is 0. The topological polar surface area (TPSA) is 110 Å². The minimum atomic E-state index is -1.12. The van der Waals surface area contributed by atoms with E-state index in [4.69, 9.17) is 9.47 Å². The maximum atomic E-state index is 11.2. The molecule has 0 radical (unpaired) electrons. The lowest BCUT2D eigenvalue weighted by Gasteiger charge is -2.22. The van der Waals surface area contributed by atoms with Crippen LogP contribution in [0.15, 0.2) is 60.8 Å². The molecule has 0 saturated carbocycles. The van der Waals surface area contributed by atoms with Crippen LogP contribution in [-0.2, 0) is 11.2 Å². The van der Waals surface area contributed by atoms with Crippen molar-refractivity contribution in [3.8, 4) is 5.75 Å². The molecule has 0 spiro atoms. The standard InChI is InChI=1S/C23H24N4O4.ClH/c28-23(29)22-21(9-10-25-27-22)26-18-5-1-16(2-6-18)13-17-3-7-19(8-4-17)30-11-12-31-20-14-24-15-20;/h1-10,20,24H,11-15H2,(H,25,26)(H,28,29);1H. The van der Waals surface area contributed by atoms with E-state index < -0.39 is 5.97 Å². The SMILES string of the molecule is O=C(O)c1nnccc1Nc1ccc(Cc2ccc(OCCOC3C[NH2+]C3)cc2)cc1.[Cl-]. The molecule has 32 heavy (non-hydrogen) atoms. The first-order valence-electron chi connectivity index (χ1n) is 10.2. The molecule has 2 heterocycles. The Labute approximate surface area is 192 Å². The smallest absolute Gasteiger partial charge is 0.358 e. The Morgan fingerprint density at radius 1 is 1.03 bits per heavy atom. The van der Waals surface area contributed by atoms with Gasteiger partial charge in [0.05, 0.1) is 18.5 Å². The first-order valence-corrected chi connectivity index (χ1v) is 10.2. The van der Waals surface area contributed by atoms with Gasteiger partial charge >= 0.3 is 5.97 Å². The van der Waals surface area contributed by atoms with E-state index in [-0.39, 0.29) is 18.1 Å². The summed E-state index contributed by atoms with van der Waals surface area (Å²) in [6, 6.07) is 17.5. The van der Waals surface area contributed by atoms with E-state index >= 15 is 0 Å². The van der Waals surface area contributed by atoms with Crippen LogP contribution in [0, 0.1) is 0 Å². The van der Waals surface area contributed by atoms with Crippen molar-refractivity contribution in [2.24, 2.45) is 0 Å². The predicted octanol–water partition coefficient (Wildman–Crippen LogP) is -1.15. The molecular weight excluding hydrogens is 432 g/mol. The average Bonchev–Trinajstić information content (AvgIpc) is 2.75. The summed E-state index contributed by atoms with van der Waals surface area (Å²) < 4.78 is 11.4. The summed E-state index contributed by atoms with van der Waals surface area (Å²) in [5.74, 6) is -0.281. The largest absolute Gasteiger partial charge is 1.00 e. The van der Waals surface area contributed by atoms with Crippen LogP contribution in [0.25, 0.3) is 0 Å². The highest BCUT2D eigenvalue weighted by Gasteiger charge is 2.21. The summed E-state index contributed by atoms with van der Waals surface area (Å²) in [6.07, 6.45) is 2.63. The Hall–Kier alpha value is -3.20. The third-order valence-electron chi connectivity index (χ3n) is 5.05. The molecule has 0 unspecified atom stereocenters. The molecule has 1 saturated heterocycles. The van der Waals surface area contributed by atoms with Crippen molar-refractivity contribution in [1.82, 2.24) is 10.2 Å². The van der Waals surface area contributed by atoms with Crippen molar-refractivity contribution < 1.29 is 37.1 Å². The van der Waals surface area contributed by atoms with Gasteiger partial charge in [-0.2, -0.15) is 5.10 Å². The Balaban J connectivity index is 0.00000289. The molecule has 1 aliphatic heterocycles. The van der Waals surface area contributed by atoms with Crippen molar-refractivity contribution in [1.29, 1.82) is 0 Å². The zero-order valence-corrected chi connectivity index (χ0v) is 18.2. The Kier molecular flexibility index (Phi) is 8.38. The highest BCUT2D eigenvalue weighted by molar-refractivity contribution is 5.92. The molecule has 0 aliphatic carbocycles. The molecule has 0 amide bonds. The van der Waals surface area contributed by atoms with Gasteiger partial charge in [0.15, 0.2) is 11.8 Å². The molecule has 1 fully saturated rings. The predicted molar refractivity (Wildman–Crippen MR) is 115 cm³/mol. The zero-order chi connectivity index (χ0) is 21.5. The minimum absolute atomic E-state index is 0. The molecule has 4 N–H and O–H groups in total. The van der Waals surface area contributed by atoms with Crippen LogP contribution in [0.3, 0.4) is 0 Å². The van der Waals surface area contributed by atoms with Crippen LogP contribution in [0.1, 0.15) is 21.6 Å². The summed E-state index contributed by atoms with van der Waals surface area (Å²) in [6.45, 7) is 3.27. The third-order valence-corrected chi connectivity index (χ3v) is 5.05. The quantitative estimate of drug-likeness (QED) is 0.331. The lowest BCUT2D eigenvalue weighted by Crippen LogP contribution is -3.00. The first-order chi connectivity index (χ1) is 15.2. The lowest BCUT2D eigenvalue weighted by molar-refractivity contribution is -0.724. The molecule has 2 aromatic carbocycles. The van der Waals surface area contributed by atoms with Crippen LogP contribution < -0.4 is 27.8 Å². The number of carbonyl (C=O) groups is 1. The number of carboxylic acids is 1. The number of nitrogens with zero attached hydrogens (tertiary/aromatic N) is 2. The molecule has 1 aromatic heterocycles. The van der Waals surface area contributed by atoms with Gasteiger partial charge in [0.2, 0.25) is 0 Å². The molecule has 9 heteroatoms. The van der Waals surface area contributed by atoms with Gasteiger partial charge in [-0.05, 0) is 47.9 Å². The van der Waals surface area contributed by atoms with Gasteiger partial charge in [-0.1, -0.05) is 24.3 Å². The van der Waals surface area contributed by atoms with Crippen molar-refractivity contribution in [2.75, 3.05) is 31.6 Å². The zero-order valence-electron chi connectivity index (χ0n) is 17.4. The van der Waals surface area contributed by atoms with E-state index in [2.05, 4.69) is 33.0 Å². The van der Waals surface area contributed by atoms with E-state index in [1.807, 2.05) is 36.4 Å². The highest BCUT2D eigenvalue weighted by Crippen LogP contribution is 2.21. The molecule has 0 atom stereocenters. The van der Waals surface area contributed by atoms with Gasteiger partial charge < -0.3 is 37.6 Å². The van der Waals surface area contributed by atoms with Crippen LogP contribution in [-0.4, -0.2) is 53.7 Å². The minimum Gasteiger partial charge on any atom is -1.00 e. The van der Waals surface area contributed by atoms with E-state index in [9.17, 15) is 9.90 Å². The number of aromatic carboxylic acids is 1. The van der Waals surface area contributed by atoms with Crippen molar-refractivity contribution >= 4 is 17.3 Å². The number of hydrogen-bond acceptors (Lipinski definition) is 6. The molecule has 3 aromatic rings. The van der Waals surface area contributed by atoms with Gasteiger partial charge in [0.1, 0.15) is 25.4 Å². The first kappa shape index (κ1) is 23.5. The fourth-order valence-corrected chi connectivity index (χ4v) is 3.20. The molecular formula is C23H25ClN4O4. The van der Waals surface area contributed by atoms with Crippen molar-refractivity contribution in [2.45, 2.75) is 12.5 Å². The summed E-state index contributed by atoms with van der Waals surface area (Å²) in [4.78, 5) is 11.2. The summed E-state index contributed by atoms with van der Waals surface area (Å²) in [5, 5.41) is 21.8. The van der Waals surface area contributed by atoms with Gasteiger partial charge in [0.25, 0.3) is 0 Å². The molecule has 0 bridgehead atoms. The van der Waals surface area contributed by atoms with Gasteiger partial charge in [-0.25, -0.2) is 4.79 Å². The Morgan fingerprint density at radius 2 is 1.72 bits per heavy atom. The number of carboxylic acid groups (broad SMARTS) is 1. The molecule has 8 nitrogen and oxygen atoms in total. The van der Waals surface area contributed by atoms with E-state index in [1.54, 1.807) is 6.07 Å². The molecule has 4 rings (SSSR count). The number of aromatic nitrogens is 2. The van der Waals surface area contributed by atoms with E-state index in [1.165, 1.54) is 11.8 Å². The van der Waals surface area contributed by atoms with Crippen LogP contribution in [0.2, 0.25) is 0 Å². The number of nitrogens with two attached hydrogens (primary N) is 1.